The molecule has 0 spiro atoms. The Hall–Kier alpha value is -0.980. The normalized spacial score (nSPS) is 10.5. The molecule has 0 unspecified atom stereocenters. The topological polar surface area (TPSA) is 55.0 Å². The average molecular weight is 313 g/mol. The summed E-state index contributed by atoms with van der Waals surface area (Å²) in [6.07, 6.45) is 3.53. The van der Waals surface area contributed by atoms with E-state index in [0.29, 0.717) is 12.5 Å². The molecule has 2 aromatic heterocycles. The average Bonchev–Trinajstić information content (AvgIpc) is 2.75. The lowest BCUT2D eigenvalue weighted by Gasteiger charge is -2.15. The van der Waals surface area contributed by atoms with Crippen LogP contribution in [-0.4, -0.2) is 17.0 Å². The first-order chi connectivity index (χ1) is 8.19. The third-order valence-electron chi connectivity index (χ3n) is 2.28. The lowest BCUT2D eigenvalue weighted by Crippen LogP contribution is -2.18. The number of thiophene rings is 1. The standard InChI is InChI=1S/C11H13BrN4S/c1-16(6-10-2-9(12)7-17-10)11-14-4-8(3-13)5-15-11/h2,4-5,7H,3,6,13H2,1H3. The van der Waals surface area contributed by atoms with E-state index in [1.54, 1.807) is 23.7 Å². The molecule has 0 bridgehead atoms. The number of halogens is 1. The molecule has 0 radical (unpaired) electrons. The SMILES string of the molecule is CN(Cc1cc(Br)cs1)c1ncc(CN)cn1. The van der Waals surface area contributed by atoms with Crippen LogP contribution in [0, 0.1) is 0 Å². The van der Waals surface area contributed by atoms with Crippen molar-refractivity contribution in [3.8, 4) is 0 Å². The van der Waals surface area contributed by atoms with E-state index in [4.69, 9.17) is 5.73 Å². The monoisotopic (exact) mass is 312 g/mol. The van der Waals surface area contributed by atoms with E-state index in [-0.39, 0.29) is 0 Å². The number of rotatable bonds is 4. The van der Waals surface area contributed by atoms with Crippen LogP contribution in [-0.2, 0) is 13.1 Å². The third-order valence-corrected chi connectivity index (χ3v) is 3.97. The van der Waals surface area contributed by atoms with E-state index in [1.807, 2.05) is 11.9 Å². The highest BCUT2D eigenvalue weighted by Crippen LogP contribution is 2.21. The van der Waals surface area contributed by atoms with Crippen molar-refractivity contribution >= 4 is 33.2 Å². The molecule has 90 valence electrons. The summed E-state index contributed by atoms with van der Waals surface area (Å²) in [6.45, 7) is 1.28. The van der Waals surface area contributed by atoms with Crippen LogP contribution in [0.15, 0.2) is 28.3 Å². The molecule has 0 aromatic carbocycles. The molecule has 0 atom stereocenters. The van der Waals surface area contributed by atoms with Gasteiger partial charge in [0.2, 0.25) is 5.95 Å². The van der Waals surface area contributed by atoms with Crippen LogP contribution in [0.5, 0.6) is 0 Å². The highest BCUT2D eigenvalue weighted by molar-refractivity contribution is 9.10. The second-order valence-electron chi connectivity index (χ2n) is 3.68. The van der Waals surface area contributed by atoms with Crippen molar-refractivity contribution in [3.05, 3.63) is 38.8 Å². The van der Waals surface area contributed by atoms with E-state index in [9.17, 15) is 0 Å². The molecule has 2 rings (SSSR count). The molecule has 2 heterocycles. The zero-order valence-electron chi connectivity index (χ0n) is 9.43. The summed E-state index contributed by atoms with van der Waals surface area (Å²) < 4.78 is 1.12. The van der Waals surface area contributed by atoms with Crippen molar-refractivity contribution in [2.24, 2.45) is 5.73 Å². The van der Waals surface area contributed by atoms with E-state index in [1.165, 1.54) is 4.88 Å². The minimum Gasteiger partial charge on any atom is -0.339 e. The third kappa shape index (κ3) is 3.24. The van der Waals surface area contributed by atoms with Crippen LogP contribution in [0.4, 0.5) is 5.95 Å². The quantitative estimate of drug-likeness (QED) is 0.942. The van der Waals surface area contributed by atoms with E-state index < -0.39 is 0 Å². The van der Waals surface area contributed by atoms with Gasteiger partial charge in [0.1, 0.15) is 0 Å². The Morgan fingerprint density at radius 2 is 2.12 bits per heavy atom. The van der Waals surface area contributed by atoms with Gasteiger partial charge < -0.3 is 10.6 Å². The first-order valence-electron chi connectivity index (χ1n) is 5.14. The number of nitrogens with two attached hydrogens (primary N) is 1. The Labute approximate surface area is 113 Å². The summed E-state index contributed by atoms with van der Waals surface area (Å²) in [7, 11) is 1.98. The minimum absolute atomic E-state index is 0.474. The second kappa shape index (κ2) is 5.57. The van der Waals surface area contributed by atoms with Gasteiger partial charge in [-0.3, -0.25) is 0 Å². The van der Waals surface area contributed by atoms with Gasteiger partial charge in [0.25, 0.3) is 0 Å². The van der Waals surface area contributed by atoms with E-state index >= 15 is 0 Å². The molecule has 2 N–H and O–H groups in total. The van der Waals surface area contributed by atoms with Crippen molar-refractivity contribution < 1.29 is 0 Å². The second-order valence-corrected chi connectivity index (χ2v) is 5.59. The fourth-order valence-corrected chi connectivity index (χ4v) is 2.90. The van der Waals surface area contributed by atoms with Crippen LogP contribution in [0.25, 0.3) is 0 Å². The Balaban J connectivity index is 2.06. The predicted molar refractivity (Wildman–Crippen MR) is 74.0 cm³/mol. The van der Waals surface area contributed by atoms with E-state index in [2.05, 4.69) is 37.3 Å². The van der Waals surface area contributed by atoms with Crippen LogP contribution in [0.2, 0.25) is 0 Å². The Bertz CT molecular complexity index is 482. The predicted octanol–water partition coefficient (Wildman–Crippen LogP) is 2.40. The van der Waals surface area contributed by atoms with Crippen molar-refractivity contribution in [2.45, 2.75) is 13.1 Å². The van der Waals surface area contributed by atoms with Crippen molar-refractivity contribution in [1.29, 1.82) is 0 Å². The zero-order chi connectivity index (χ0) is 12.3. The summed E-state index contributed by atoms with van der Waals surface area (Å²) in [5, 5.41) is 2.07. The molecule has 0 saturated heterocycles. The van der Waals surface area contributed by atoms with Crippen LogP contribution >= 0.6 is 27.3 Å². The summed E-state index contributed by atoms with van der Waals surface area (Å²) in [4.78, 5) is 11.8. The molecule has 0 aliphatic heterocycles. The largest absolute Gasteiger partial charge is 0.339 e. The molecule has 0 fully saturated rings. The van der Waals surface area contributed by atoms with Gasteiger partial charge in [-0.1, -0.05) is 0 Å². The smallest absolute Gasteiger partial charge is 0.225 e. The van der Waals surface area contributed by atoms with E-state index in [0.717, 1.165) is 16.6 Å². The van der Waals surface area contributed by atoms with Gasteiger partial charge >= 0.3 is 0 Å². The summed E-state index contributed by atoms with van der Waals surface area (Å²) >= 11 is 5.16. The molecule has 0 saturated carbocycles. The molecular weight excluding hydrogens is 300 g/mol. The first-order valence-corrected chi connectivity index (χ1v) is 6.81. The highest BCUT2D eigenvalue weighted by Gasteiger charge is 2.06. The molecular formula is C11H13BrN4S. The molecule has 6 heteroatoms. The Kier molecular flexibility index (Phi) is 4.09. The summed E-state index contributed by atoms with van der Waals surface area (Å²) in [5.41, 5.74) is 6.45. The maximum atomic E-state index is 5.51. The van der Waals surface area contributed by atoms with Gasteiger partial charge in [-0.25, -0.2) is 9.97 Å². The van der Waals surface area contributed by atoms with Gasteiger partial charge in [-0.05, 0) is 22.0 Å². The molecule has 0 aliphatic carbocycles. The molecule has 4 nitrogen and oxygen atoms in total. The molecule has 0 aliphatic rings. The van der Waals surface area contributed by atoms with Gasteiger partial charge in [-0.2, -0.15) is 0 Å². The summed E-state index contributed by atoms with van der Waals surface area (Å²) in [5.74, 6) is 0.715. The van der Waals surface area contributed by atoms with Crippen molar-refractivity contribution in [3.63, 3.8) is 0 Å². The number of nitrogens with zero attached hydrogens (tertiary/aromatic N) is 3. The Morgan fingerprint density at radius 1 is 1.41 bits per heavy atom. The van der Waals surface area contributed by atoms with Crippen LogP contribution in [0.1, 0.15) is 10.4 Å². The van der Waals surface area contributed by atoms with Crippen LogP contribution < -0.4 is 10.6 Å². The van der Waals surface area contributed by atoms with Gasteiger partial charge in [0, 0.05) is 46.3 Å². The maximum Gasteiger partial charge on any atom is 0.225 e. The number of anilines is 1. The van der Waals surface area contributed by atoms with Gasteiger partial charge in [0.15, 0.2) is 0 Å². The fourth-order valence-electron chi connectivity index (χ4n) is 1.39. The first kappa shape index (κ1) is 12.5. The summed E-state index contributed by atoms with van der Waals surface area (Å²) in [6, 6.07) is 2.11. The van der Waals surface area contributed by atoms with Crippen molar-refractivity contribution in [1.82, 2.24) is 9.97 Å². The molecule has 0 amide bonds. The maximum absolute atomic E-state index is 5.51. The highest BCUT2D eigenvalue weighted by atomic mass is 79.9. The zero-order valence-corrected chi connectivity index (χ0v) is 11.8. The Morgan fingerprint density at radius 3 is 2.65 bits per heavy atom. The van der Waals surface area contributed by atoms with Crippen LogP contribution in [0.3, 0.4) is 0 Å². The minimum atomic E-state index is 0.474. The van der Waals surface area contributed by atoms with Crippen molar-refractivity contribution in [2.75, 3.05) is 11.9 Å². The lowest BCUT2D eigenvalue weighted by molar-refractivity contribution is 0.867. The number of hydrogen-bond acceptors (Lipinski definition) is 5. The number of aromatic nitrogens is 2. The fraction of sp³-hybridized carbons (Fsp3) is 0.273. The molecule has 17 heavy (non-hydrogen) atoms. The molecule has 2 aromatic rings. The lowest BCUT2D eigenvalue weighted by atomic mass is 10.3. The van der Waals surface area contributed by atoms with Gasteiger partial charge in [-0.15, -0.1) is 11.3 Å². The van der Waals surface area contributed by atoms with Gasteiger partial charge in [0.05, 0.1) is 6.54 Å². The number of hydrogen-bond donors (Lipinski definition) is 1.